The van der Waals surface area contributed by atoms with Crippen LogP contribution < -0.4 is 14.2 Å². The quantitative estimate of drug-likeness (QED) is 0.692. The highest BCUT2D eigenvalue weighted by Gasteiger charge is 2.11. The number of phenolic OH excluding ortho intramolecular Hbond substituents is 1. The summed E-state index contributed by atoms with van der Waals surface area (Å²) >= 11 is 0. The van der Waals surface area contributed by atoms with Gasteiger partial charge < -0.3 is 19.3 Å². The van der Waals surface area contributed by atoms with Gasteiger partial charge in [-0.15, -0.1) is 0 Å². The van der Waals surface area contributed by atoms with Crippen molar-refractivity contribution in [2.75, 3.05) is 21.3 Å². The number of ether oxygens (including phenoxy) is 3. The van der Waals surface area contributed by atoms with Gasteiger partial charge in [-0.2, -0.15) is 0 Å². The smallest absolute Gasteiger partial charge is 0.203 e. The molecule has 0 bridgehead atoms. The summed E-state index contributed by atoms with van der Waals surface area (Å²) in [5.41, 5.74) is 1.99. The van der Waals surface area contributed by atoms with Crippen LogP contribution in [0.1, 0.15) is 11.1 Å². The first-order chi connectivity index (χ1) is 12.7. The second-order valence-corrected chi connectivity index (χ2v) is 5.90. The van der Waals surface area contributed by atoms with E-state index in [-0.39, 0.29) is 0 Å². The maximum absolute atomic E-state index is 10.2. The Bertz CT molecular complexity index is 919. The molecule has 0 aliphatic carbocycles. The third-order valence-corrected chi connectivity index (χ3v) is 4.25. The lowest BCUT2D eigenvalue weighted by atomic mass is 10.0. The van der Waals surface area contributed by atoms with Gasteiger partial charge in [0.15, 0.2) is 11.5 Å². The maximum atomic E-state index is 10.2. The summed E-state index contributed by atoms with van der Waals surface area (Å²) in [7, 11) is 4.79. The van der Waals surface area contributed by atoms with Crippen LogP contribution in [0.25, 0.3) is 16.8 Å². The van der Waals surface area contributed by atoms with Crippen molar-refractivity contribution < 1.29 is 19.3 Å². The minimum absolute atomic E-state index is 0.305. The number of methoxy groups -OCH3 is 3. The Labute approximate surface area is 153 Å². The molecule has 0 radical (unpaired) electrons. The number of rotatable bonds is 6. The van der Waals surface area contributed by atoms with E-state index >= 15 is 0 Å². The molecule has 4 nitrogen and oxygen atoms in total. The van der Waals surface area contributed by atoms with E-state index < -0.39 is 0 Å². The lowest BCUT2D eigenvalue weighted by molar-refractivity contribution is 0.324. The molecule has 3 aromatic rings. The molecule has 0 saturated carbocycles. The number of allylic oxidation sites excluding steroid dienone is 1. The molecule has 0 amide bonds. The highest BCUT2D eigenvalue weighted by atomic mass is 16.5. The minimum Gasteiger partial charge on any atom is -0.507 e. The van der Waals surface area contributed by atoms with Crippen molar-refractivity contribution in [2.45, 2.75) is 6.42 Å². The molecule has 0 spiro atoms. The molecule has 0 aliphatic rings. The maximum Gasteiger partial charge on any atom is 0.203 e. The first-order valence-corrected chi connectivity index (χ1v) is 8.33. The average molecular weight is 350 g/mol. The van der Waals surface area contributed by atoms with Gasteiger partial charge in [0.25, 0.3) is 0 Å². The Balaban J connectivity index is 1.85. The summed E-state index contributed by atoms with van der Waals surface area (Å²) < 4.78 is 16.1. The van der Waals surface area contributed by atoms with Gasteiger partial charge in [0.1, 0.15) is 5.75 Å². The van der Waals surface area contributed by atoms with Gasteiger partial charge in [0, 0.05) is 5.39 Å². The summed E-state index contributed by atoms with van der Waals surface area (Å²) in [6.07, 6.45) is 4.75. The number of fused-ring (bicyclic) bond motifs is 1. The number of phenols is 1. The van der Waals surface area contributed by atoms with Gasteiger partial charge in [0.05, 0.1) is 21.3 Å². The summed E-state index contributed by atoms with van der Waals surface area (Å²) in [5, 5.41) is 12.1. The fraction of sp³-hybridized carbons (Fsp3) is 0.182. The largest absolute Gasteiger partial charge is 0.507 e. The lowest BCUT2D eigenvalue weighted by Gasteiger charge is -2.12. The zero-order valence-corrected chi connectivity index (χ0v) is 15.2. The zero-order valence-electron chi connectivity index (χ0n) is 15.2. The highest BCUT2D eigenvalue weighted by Crippen LogP contribution is 2.38. The van der Waals surface area contributed by atoms with Gasteiger partial charge in [-0.25, -0.2) is 0 Å². The molecule has 0 atom stereocenters. The molecule has 0 heterocycles. The molecule has 3 rings (SSSR count). The van der Waals surface area contributed by atoms with E-state index in [1.165, 1.54) is 0 Å². The molecular formula is C22H22O4. The molecule has 26 heavy (non-hydrogen) atoms. The van der Waals surface area contributed by atoms with Crippen molar-refractivity contribution in [2.24, 2.45) is 0 Å². The van der Waals surface area contributed by atoms with Crippen molar-refractivity contribution in [1.29, 1.82) is 0 Å². The highest BCUT2D eigenvalue weighted by molar-refractivity contribution is 5.88. The Morgan fingerprint density at radius 2 is 1.58 bits per heavy atom. The van der Waals surface area contributed by atoms with E-state index in [9.17, 15) is 5.11 Å². The van der Waals surface area contributed by atoms with E-state index in [2.05, 4.69) is 6.07 Å². The second kappa shape index (κ2) is 7.83. The molecule has 0 fully saturated rings. The summed E-state index contributed by atoms with van der Waals surface area (Å²) in [6.45, 7) is 0. The van der Waals surface area contributed by atoms with Gasteiger partial charge in [-0.05, 0) is 41.1 Å². The van der Waals surface area contributed by atoms with Crippen molar-refractivity contribution in [3.8, 4) is 23.0 Å². The first-order valence-electron chi connectivity index (χ1n) is 8.33. The molecule has 134 valence electrons. The first kappa shape index (κ1) is 17.7. The summed E-state index contributed by atoms with van der Waals surface area (Å²) in [6, 6.07) is 15.5. The Kier molecular flexibility index (Phi) is 5.32. The van der Waals surface area contributed by atoms with Crippen molar-refractivity contribution >= 4 is 16.8 Å². The van der Waals surface area contributed by atoms with Crippen molar-refractivity contribution in [3.63, 3.8) is 0 Å². The third-order valence-electron chi connectivity index (χ3n) is 4.25. The van der Waals surface area contributed by atoms with Gasteiger partial charge in [-0.3, -0.25) is 0 Å². The monoisotopic (exact) mass is 350 g/mol. The van der Waals surface area contributed by atoms with E-state index in [0.717, 1.165) is 21.9 Å². The van der Waals surface area contributed by atoms with Gasteiger partial charge in [0.2, 0.25) is 5.75 Å². The lowest BCUT2D eigenvalue weighted by Crippen LogP contribution is -1.95. The van der Waals surface area contributed by atoms with Crippen LogP contribution in [0.4, 0.5) is 0 Å². The molecule has 0 aliphatic heterocycles. The molecule has 0 aromatic heterocycles. The van der Waals surface area contributed by atoms with Crippen LogP contribution in [0.15, 0.2) is 54.6 Å². The predicted octanol–water partition coefficient (Wildman–Crippen LogP) is 4.83. The van der Waals surface area contributed by atoms with Gasteiger partial charge in [-0.1, -0.05) is 42.5 Å². The van der Waals surface area contributed by atoms with E-state index in [4.69, 9.17) is 14.2 Å². The van der Waals surface area contributed by atoms with Crippen LogP contribution in [0.2, 0.25) is 0 Å². The van der Waals surface area contributed by atoms with Crippen molar-refractivity contribution in [1.82, 2.24) is 0 Å². The fourth-order valence-electron chi connectivity index (χ4n) is 3.00. The minimum atomic E-state index is 0.305. The van der Waals surface area contributed by atoms with E-state index in [1.807, 2.05) is 54.6 Å². The molecule has 3 aromatic carbocycles. The van der Waals surface area contributed by atoms with Crippen LogP contribution in [0.5, 0.6) is 23.0 Å². The van der Waals surface area contributed by atoms with Gasteiger partial charge >= 0.3 is 0 Å². The molecular weight excluding hydrogens is 328 g/mol. The zero-order chi connectivity index (χ0) is 18.5. The van der Waals surface area contributed by atoms with Crippen LogP contribution in [0.3, 0.4) is 0 Å². The number of hydrogen-bond acceptors (Lipinski definition) is 4. The normalized spacial score (nSPS) is 11.0. The third kappa shape index (κ3) is 3.59. The van der Waals surface area contributed by atoms with E-state index in [0.29, 0.717) is 29.4 Å². The number of hydrogen-bond donors (Lipinski definition) is 1. The fourth-order valence-corrected chi connectivity index (χ4v) is 3.00. The van der Waals surface area contributed by atoms with Crippen LogP contribution in [-0.4, -0.2) is 26.4 Å². The Hall–Kier alpha value is -3.14. The Morgan fingerprint density at radius 3 is 2.23 bits per heavy atom. The molecule has 0 saturated heterocycles. The topological polar surface area (TPSA) is 47.9 Å². The number of benzene rings is 3. The summed E-state index contributed by atoms with van der Waals surface area (Å²) in [5.74, 6) is 2.12. The standard InChI is InChI=1S/C22H22O4/c1-24-20-13-16(14-21(25-2)22(20)26-3)8-6-7-15-11-17-9-4-5-10-18(17)19(23)12-15/h4-6,8-14,23H,7H2,1-3H3/b8-6-. The molecule has 0 unspecified atom stereocenters. The van der Waals surface area contributed by atoms with E-state index in [1.54, 1.807) is 21.3 Å². The predicted molar refractivity (Wildman–Crippen MR) is 104 cm³/mol. The second-order valence-electron chi connectivity index (χ2n) is 5.90. The SMILES string of the molecule is COc1cc(/C=C\Cc2cc(O)c3ccccc3c2)cc(OC)c1OC. The van der Waals surface area contributed by atoms with Crippen LogP contribution in [0, 0.1) is 0 Å². The average Bonchev–Trinajstić information content (AvgIpc) is 2.67. The number of aromatic hydroxyl groups is 1. The Morgan fingerprint density at radius 1 is 0.885 bits per heavy atom. The van der Waals surface area contributed by atoms with Crippen LogP contribution in [-0.2, 0) is 6.42 Å². The molecule has 1 N–H and O–H groups in total. The molecule has 4 heteroatoms. The van der Waals surface area contributed by atoms with Crippen molar-refractivity contribution in [3.05, 3.63) is 65.7 Å². The summed E-state index contributed by atoms with van der Waals surface area (Å²) in [4.78, 5) is 0. The van der Waals surface area contributed by atoms with Crippen LogP contribution >= 0.6 is 0 Å².